The summed E-state index contributed by atoms with van der Waals surface area (Å²) < 4.78 is 6.25. The lowest BCUT2D eigenvalue weighted by Gasteiger charge is -2.37. The minimum absolute atomic E-state index is 0.146. The van der Waals surface area contributed by atoms with Gasteiger partial charge in [0, 0.05) is 18.4 Å². The molecular formula is C15H31NO3Si. The Kier molecular flexibility index (Phi) is 5.44. The number of rotatable bonds is 5. The molecule has 0 unspecified atom stereocenters. The molecule has 0 saturated carbocycles. The normalized spacial score (nSPS) is 26.9. The fourth-order valence-electron chi connectivity index (χ4n) is 2.14. The maximum atomic E-state index is 9.67. The molecule has 0 amide bonds. The average Bonchev–Trinajstić information content (AvgIpc) is 2.66. The van der Waals surface area contributed by atoms with Crippen LogP contribution in [0.2, 0.25) is 18.1 Å². The fraction of sp³-hybridized carbons (Fsp3) is 0.933. The SMILES string of the molecule is C[C@H](CO[Si](C)(C)C(C)(C)C)C1=NO[C@H]([C@H](C)O)[C@H]1C. The van der Waals surface area contributed by atoms with Crippen LogP contribution in [0, 0.1) is 11.8 Å². The van der Waals surface area contributed by atoms with E-state index >= 15 is 0 Å². The van der Waals surface area contributed by atoms with E-state index in [-0.39, 0.29) is 23.0 Å². The molecular weight excluding hydrogens is 270 g/mol. The second kappa shape index (κ2) is 6.16. The van der Waals surface area contributed by atoms with Gasteiger partial charge in [-0.25, -0.2) is 0 Å². The first kappa shape index (κ1) is 17.7. The van der Waals surface area contributed by atoms with Crippen molar-refractivity contribution in [1.29, 1.82) is 0 Å². The average molecular weight is 302 g/mol. The molecule has 0 radical (unpaired) electrons. The maximum Gasteiger partial charge on any atom is 0.192 e. The molecule has 0 saturated heterocycles. The molecule has 1 rings (SSSR count). The van der Waals surface area contributed by atoms with E-state index in [0.717, 1.165) is 5.71 Å². The third-order valence-corrected chi connectivity index (χ3v) is 9.22. The lowest BCUT2D eigenvalue weighted by Crippen LogP contribution is -2.43. The topological polar surface area (TPSA) is 51.0 Å². The first-order valence-electron chi connectivity index (χ1n) is 7.53. The second-order valence-corrected chi connectivity index (χ2v) is 12.4. The molecule has 4 nitrogen and oxygen atoms in total. The lowest BCUT2D eigenvalue weighted by molar-refractivity contribution is -0.0242. The van der Waals surface area contributed by atoms with Gasteiger partial charge in [-0.05, 0) is 25.1 Å². The highest BCUT2D eigenvalue weighted by atomic mass is 28.4. The van der Waals surface area contributed by atoms with Crippen LogP contribution in [0.15, 0.2) is 5.16 Å². The Morgan fingerprint density at radius 3 is 2.30 bits per heavy atom. The molecule has 0 spiro atoms. The van der Waals surface area contributed by atoms with Crippen molar-refractivity contribution in [1.82, 2.24) is 0 Å². The standard InChI is InChI=1S/C15H31NO3Si/c1-10(9-18-20(7,8)15(4,5)6)13-11(2)14(12(3)17)19-16-13/h10-12,14,17H,9H2,1-8H3/t10-,11+,12+,14+/m1/s1. The number of hydrogen-bond acceptors (Lipinski definition) is 4. The summed E-state index contributed by atoms with van der Waals surface area (Å²) in [5.74, 6) is 0.371. The third-order valence-electron chi connectivity index (χ3n) is 4.72. The van der Waals surface area contributed by atoms with E-state index in [4.69, 9.17) is 9.26 Å². The van der Waals surface area contributed by atoms with E-state index in [1.54, 1.807) is 6.92 Å². The van der Waals surface area contributed by atoms with Crippen molar-refractivity contribution in [3.8, 4) is 0 Å². The summed E-state index contributed by atoms with van der Waals surface area (Å²) in [5.41, 5.74) is 1.01. The number of nitrogens with zero attached hydrogens (tertiary/aromatic N) is 1. The zero-order valence-electron chi connectivity index (χ0n) is 14.2. The Labute approximate surface area is 124 Å². The summed E-state index contributed by atoms with van der Waals surface area (Å²) in [6.07, 6.45) is -0.722. The summed E-state index contributed by atoms with van der Waals surface area (Å²) >= 11 is 0. The van der Waals surface area contributed by atoms with Crippen LogP contribution >= 0.6 is 0 Å². The summed E-state index contributed by atoms with van der Waals surface area (Å²) in [5, 5.41) is 14.1. The Balaban J connectivity index is 2.59. The molecule has 1 aliphatic heterocycles. The summed E-state index contributed by atoms with van der Waals surface area (Å²) in [7, 11) is -1.72. The molecule has 0 aromatic carbocycles. The summed E-state index contributed by atoms with van der Waals surface area (Å²) in [4.78, 5) is 5.35. The monoisotopic (exact) mass is 301 g/mol. The minimum Gasteiger partial charge on any atom is -0.416 e. The second-order valence-electron chi connectivity index (χ2n) is 7.59. The van der Waals surface area contributed by atoms with E-state index in [9.17, 15) is 5.11 Å². The van der Waals surface area contributed by atoms with Gasteiger partial charge in [-0.3, -0.25) is 0 Å². The maximum absolute atomic E-state index is 9.67. The molecule has 0 fully saturated rings. The quantitative estimate of drug-likeness (QED) is 0.792. The van der Waals surface area contributed by atoms with Gasteiger partial charge in [-0.15, -0.1) is 0 Å². The van der Waals surface area contributed by atoms with Crippen LogP contribution in [0.4, 0.5) is 0 Å². The number of aliphatic hydroxyl groups excluding tert-OH is 1. The summed E-state index contributed by atoms with van der Waals surface area (Å²) in [6.45, 7) is 17.8. The molecule has 0 aromatic rings. The van der Waals surface area contributed by atoms with Crippen LogP contribution in [0.3, 0.4) is 0 Å². The number of hydrogen-bond donors (Lipinski definition) is 1. The number of aliphatic hydroxyl groups is 1. The van der Waals surface area contributed by atoms with Crippen LogP contribution in [0.5, 0.6) is 0 Å². The minimum atomic E-state index is -1.72. The molecule has 1 heterocycles. The molecule has 4 atom stereocenters. The molecule has 118 valence electrons. The van der Waals surface area contributed by atoms with Crippen molar-refractivity contribution in [2.75, 3.05) is 6.61 Å². The highest BCUT2D eigenvalue weighted by molar-refractivity contribution is 6.74. The van der Waals surface area contributed by atoms with E-state index < -0.39 is 14.4 Å². The Bertz CT molecular complexity index is 361. The van der Waals surface area contributed by atoms with E-state index in [1.165, 1.54) is 0 Å². The van der Waals surface area contributed by atoms with Gasteiger partial charge in [0.2, 0.25) is 0 Å². The van der Waals surface area contributed by atoms with Crippen molar-refractivity contribution in [2.45, 2.75) is 71.9 Å². The highest BCUT2D eigenvalue weighted by Crippen LogP contribution is 2.37. The molecule has 0 aliphatic carbocycles. The van der Waals surface area contributed by atoms with Crippen LogP contribution in [-0.4, -0.2) is 38.0 Å². The zero-order chi connectivity index (χ0) is 15.7. The van der Waals surface area contributed by atoms with Gasteiger partial charge >= 0.3 is 0 Å². The Morgan fingerprint density at radius 2 is 1.90 bits per heavy atom. The fourth-order valence-corrected chi connectivity index (χ4v) is 3.24. The molecule has 0 aromatic heterocycles. The van der Waals surface area contributed by atoms with Gasteiger partial charge in [0.05, 0.1) is 11.8 Å². The van der Waals surface area contributed by atoms with Crippen molar-refractivity contribution in [3.63, 3.8) is 0 Å². The Morgan fingerprint density at radius 1 is 1.35 bits per heavy atom. The largest absolute Gasteiger partial charge is 0.416 e. The van der Waals surface area contributed by atoms with Crippen molar-refractivity contribution in [2.24, 2.45) is 17.0 Å². The van der Waals surface area contributed by atoms with E-state index in [0.29, 0.717) is 6.61 Å². The van der Waals surface area contributed by atoms with E-state index in [2.05, 4.69) is 52.9 Å². The van der Waals surface area contributed by atoms with Gasteiger partial charge in [-0.2, -0.15) is 0 Å². The predicted octanol–water partition coefficient (Wildman–Crippen LogP) is 3.42. The molecule has 20 heavy (non-hydrogen) atoms. The first-order chi connectivity index (χ1) is 8.97. The smallest absolute Gasteiger partial charge is 0.192 e. The van der Waals surface area contributed by atoms with Gasteiger partial charge in [0.1, 0.15) is 0 Å². The third kappa shape index (κ3) is 3.83. The molecule has 5 heteroatoms. The van der Waals surface area contributed by atoms with Crippen LogP contribution in [0.1, 0.15) is 41.5 Å². The van der Waals surface area contributed by atoms with Gasteiger partial charge in [0.15, 0.2) is 14.4 Å². The van der Waals surface area contributed by atoms with Crippen LogP contribution in [-0.2, 0) is 9.26 Å². The van der Waals surface area contributed by atoms with Crippen LogP contribution < -0.4 is 0 Å². The molecule has 1 N–H and O–H groups in total. The van der Waals surface area contributed by atoms with Crippen molar-refractivity contribution >= 4 is 14.0 Å². The first-order valence-corrected chi connectivity index (χ1v) is 10.4. The lowest BCUT2D eigenvalue weighted by atomic mass is 9.89. The number of oxime groups is 1. The zero-order valence-corrected chi connectivity index (χ0v) is 15.2. The Hall–Kier alpha value is -0.393. The van der Waals surface area contributed by atoms with Crippen LogP contribution in [0.25, 0.3) is 0 Å². The van der Waals surface area contributed by atoms with Crippen molar-refractivity contribution < 1.29 is 14.4 Å². The van der Waals surface area contributed by atoms with Gasteiger partial charge in [-0.1, -0.05) is 39.8 Å². The van der Waals surface area contributed by atoms with Gasteiger partial charge < -0.3 is 14.4 Å². The highest BCUT2D eigenvalue weighted by Gasteiger charge is 2.40. The van der Waals surface area contributed by atoms with Crippen molar-refractivity contribution in [3.05, 3.63) is 0 Å². The molecule has 0 bridgehead atoms. The molecule has 1 aliphatic rings. The van der Waals surface area contributed by atoms with E-state index in [1.807, 2.05) is 0 Å². The predicted molar refractivity (Wildman–Crippen MR) is 85.5 cm³/mol. The van der Waals surface area contributed by atoms with Gasteiger partial charge in [0.25, 0.3) is 0 Å². The summed E-state index contributed by atoms with van der Waals surface area (Å²) in [6, 6.07) is 0.